The normalized spacial score (nSPS) is 11.1. The van der Waals surface area contributed by atoms with Crippen LogP contribution in [0.25, 0.3) is 10.9 Å². The lowest BCUT2D eigenvalue weighted by Crippen LogP contribution is -3.11. The van der Waals surface area contributed by atoms with Crippen LogP contribution in [0.4, 0.5) is 0 Å². The van der Waals surface area contributed by atoms with Crippen LogP contribution in [0.2, 0.25) is 0 Å². The van der Waals surface area contributed by atoms with Crippen molar-refractivity contribution in [2.45, 2.75) is 40.2 Å². The largest absolute Gasteiger partial charge is 0.366 e. The molecule has 2 aromatic rings. The Labute approximate surface area is 167 Å². The molecule has 27 heavy (non-hydrogen) atoms. The minimum absolute atomic E-state index is 0.0370. The van der Waals surface area contributed by atoms with Crippen LogP contribution in [0, 0.1) is 0 Å². The summed E-state index contributed by atoms with van der Waals surface area (Å²) in [7, 11) is 1.84. The Morgan fingerprint density at radius 2 is 1.96 bits per heavy atom. The van der Waals surface area contributed by atoms with Gasteiger partial charge in [-0.2, -0.15) is 0 Å². The Balaban J connectivity index is 2.19. The molecule has 0 aliphatic heterocycles. The van der Waals surface area contributed by atoms with E-state index in [2.05, 4.69) is 48.1 Å². The number of H-pyrrole nitrogens is 1. The van der Waals surface area contributed by atoms with Crippen LogP contribution in [0.5, 0.6) is 0 Å². The Kier molecular flexibility index (Phi) is 8.25. The number of aryl methyl sites for hydroxylation is 1. The number of quaternary nitrogens is 1. The number of nitrogens with zero attached hydrogens (tertiary/aromatic N) is 1. The van der Waals surface area contributed by atoms with Crippen molar-refractivity contribution in [3.8, 4) is 0 Å². The highest BCUT2D eigenvalue weighted by atomic mass is 32.1. The van der Waals surface area contributed by atoms with Crippen molar-refractivity contribution >= 4 is 28.2 Å². The topological polar surface area (TPSA) is 52.6 Å². The minimum Gasteiger partial charge on any atom is -0.366 e. The second-order valence-electron chi connectivity index (χ2n) is 6.94. The zero-order chi connectivity index (χ0) is 19.8. The molecule has 0 fully saturated rings. The maximum Gasteiger partial charge on any atom is 0.253 e. The second-order valence-corrected chi connectivity index (χ2v) is 7.32. The van der Waals surface area contributed by atoms with Gasteiger partial charge >= 0.3 is 0 Å². The molecule has 0 amide bonds. The molecule has 2 rings (SSSR count). The number of rotatable bonds is 9. The van der Waals surface area contributed by atoms with Crippen LogP contribution in [0.1, 0.15) is 38.3 Å². The fourth-order valence-electron chi connectivity index (χ4n) is 3.38. The van der Waals surface area contributed by atoms with Gasteiger partial charge in [-0.25, -0.2) is 0 Å². The van der Waals surface area contributed by atoms with Gasteiger partial charge in [0.25, 0.3) is 5.56 Å². The average molecular weight is 390 g/mol. The summed E-state index contributed by atoms with van der Waals surface area (Å²) in [5.74, 6) is 0. The van der Waals surface area contributed by atoms with Crippen molar-refractivity contribution in [3.05, 3.63) is 45.7 Å². The molecule has 6 heteroatoms. The summed E-state index contributed by atoms with van der Waals surface area (Å²) in [5, 5.41) is 4.83. The number of nitrogens with one attached hydrogen (secondary N) is 3. The molecule has 1 heterocycles. The average Bonchev–Trinajstić information content (AvgIpc) is 2.69. The van der Waals surface area contributed by atoms with Crippen molar-refractivity contribution in [2.75, 3.05) is 33.2 Å². The number of thiocarbonyl (C=S) groups is 1. The smallest absolute Gasteiger partial charge is 0.253 e. The van der Waals surface area contributed by atoms with E-state index in [-0.39, 0.29) is 5.56 Å². The minimum atomic E-state index is -0.0370. The molecule has 148 valence electrons. The Morgan fingerprint density at radius 3 is 2.59 bits per heavy atom. The molecule has 3 N–H and O–H groups in total. The first-order valence-electron chi connectivity index (χ1n) is 9.97. The van der Waals surface area contributed by atoms with Crippen LogP contribution in [-0.4, -0.2) is 48.2 Å². The Morgan fingerprint density at radius 1 is 1.22 bits per heavy atom. The number of pyridine rings is 1. The summed E-state index contributed by atoms with van der Waals surface area (Å²) < 4.78 is 0. The highest BCUT2D eigenvalue weighted by Crippen LogP contribution is 2.15. The second kappa shape index (κ2) is 10.4. The predicted octanol–water partition coefficient (Wildman–Crippen LogP) is 1.71. The molecular formula is C21H33N4OS+. The van der Waals surface area contributed by atoms with Gasteiger partial charge < -0.3 is 20.1 Å². The number of hydrogen-bond acceptors (Lipinski definition) is 2. The van der Waals surface area contributed by atoms with Gasteiger partial charge in [-0.3, -0.25) is 4.79 Å². The van der Waals surface area contributed by atoms with E-state index in [9.17, 15) is 4.79 Å². The third-order valence-electron chi connectivity index (χ3n) is 5.21. The molecule has 0 bridgehead atoms. The van der Waals surface area contributed by atoms with E-state index >= 15 is 0 Å². The molecule has 1 aromatic heterocycles. The Hall–Kier alpha value is -1.92. The summed E-state index contributed by atoms with van der Waals surface area (Å²) in [4.78, 5) is 19.3. The first kappa shape index (κ1) is 21.4. The van der Waals surface area contributed by atoms with E-state index in [1.165, 1.54) is 5.56 Å². The highest BCUT2D eigenvalue weighted by molar-refractivity contribution is 7.80. The van der Waals surface area contributed by atoms with Gasteiger partial charge in [0.2, 0.25) is 0 Å². The summed E-state index contributed by atoms with van der Waals surface area (Å²) in [6.45, 7) is 11.3. The Bertz CT molecular complexity index is 813. The quantitative estimate of drug-likeness (QED) is 0.572. The lowest BCUT2D eigenvalue weighted by Gasteiger charge is -2.25. The van der Waals surface area contributed by atoms with Crippen LogP contribution < -0.4 is 15.8 Å². The number of aromatic nitrogens is 1. The fourth-order valence-corrected chi connectivity index (χ4v) is 3.53. The maximum absolute atomic E-state index is 12.6. The number of hydrogen-bond donors (Lipinski definition) is 3. The highest BCUT2D eigenvalue weighted by Gasteiger charge is 2.13. The van der Waals surface area contributed by atoms with E-state index < -0.39 is 0 Å². The fraction of sp³-hybridized carbons (Fsp3) is 0.524. The molecule has 0 atom stereocenters. The zero-order valence-electron chi connectivity index (χ0n) is 17.0. The maximum atomic E-state index is 12.6. The number of benzene rings is 1. The van der Waals surface area contributed by atoms with Gasteiger partial charge in [0.15, 0.2) is 5.11 Å². The van der Waals surface area contributed by atoms with Crippen LogP contribution in [0.15, 0.2) is 29.1 Å². The van der Waals surface area contributed by atoms with E-state index in [0.717, 1.165) is 55.5 Å². The zero-order valence-corrected chi connectivity index (χ0v) is 17.8. The van der Waals surface area contributed by atoms with Gasteiger partial charge in [-0.05, 0) is 61.6 Å². The lowest BCUT2D eigenvalue weighted by atomic mass is 10.1. The molecular weight excluding hydrogens is 356 g/mol. The molecule has 0 saturated carbocycles. The third kappa shape index (κ3) is 5.78. The van der Waals surface area contributed by atoms with Crippen LogP contribution in [-0.2, 0) is 13.0 Å². The van der Waals surface area contributed by atoms with Crippen LogP contribution in [0.3, 0.4) is 0 Å². The molecule has 0 aliphatic carbocycles. The van der Waals surface area contributed by atoms with E-state index in [1.807, 2.05) is 19.2 Å². The monoisotopic (exact) mass is 389 g/mol. The standard InChI is InChI=1S/C21H32N4OS/c1-5-16-9-10-19-17(13-16)14-18(20(26)23-19)15-25(21(27)22-4)12-8-11-24(6-2)7-3/h9-10,13-14H,5-8,11-12,15H2,1-4H3,(H,22,27)(H,23,26)/p+1. The summed E-state index contributed by atoms with van der Waals surface area (Å²) in [5.41, 5.74) is 2.87. The molecule has 0 spiro atoms. The van der Waals surface area contributed by atoms with Gasteiger partial charge in [0, 0.05) is 31.1 Å². The van der Waals surface area contributed by atoms with Crippen molar-refractivity contribution in [1.29, 1.82) is 0 Å². The summed E-state index contributed by atoms with van der Waals surface area (Å²) in [6.07, 6.45) is 2.03. The molecule has 5 nitrogen and oxygen atoms in total. The van der Waals surface area contributed by atoms with Crippen molar-refractivity contribution < 1.29 is 4.90 Å². The molecule has 1 aromatic carbocycles. The first-order valence-corrected chi connectivity index (χ1v) is 10.4. The molecule has 0 saturated heterocycles. The molecule has 0 unspecified atom stereocenters. The SMILES string of the molecule is CCc1ccc2[nH]c(=O)c(CN(CCC[NH+](CC)CC)C(=S)NC)cc2c1. The van der Waals surface area contributed by atoms with Gasteiger partial charge in [0.05, 0.1) is 26.2 Å². The molecule has 0 radical (unpaired) electrons. The van der Waals surface area contributed by atoms with E-state index in [4.69, 9.17) is 12.2 Å². The van der Waals surface area contributed by atoms with E-state index in [0.29, 0.717) is 11.7 Å². The van der Waals surface area contributed by atoms with E-state index in [1.54, 1.807) is 4.90 Å². The lowest BCUT2D eigenvalue weighted by molar-refractivity contribution is -0.896. The van der Waals surface area contributed by atoms with Crippen LogP contribution >= 0.6 is 12.2 Å². The van der Waals surface area contributed by atoms with Crippen molar-refractivity contribution in [3.63, 3.8) is 0 Å². The van der Waals surface area contributed by atoms with Crippen molar-refractivity contribution in [2.24, 2.45) is 0 Å². The first-order chi connectivity index (χ1) is 13.0. The molecule has 0 aliphatic rings. The summed E-state index contributed by atoms with van der Waals surface area (Å²) in [6, 6.07) is 8.21. The predicted molar refractivity (Wildman–Crippen MR) is 118 cm³/mol. The third-order valence-corrected chi connectivity index (χ3v) is 5.68. The number of fused-ring (bicyclic) bond motifs is 1. The van der Waals surface area contributed by atoms with Gasteiger partial charge in [-0.15, -0.1) is 0 Å². The van der Waals surface area contributed by atoms with Crippen molar-refractivity contribution in [1.82, 2.24) is 15.2 Å². The number of aromatic amines is 1. The summed E-state index contributed by atoms with van der Waals surface area (Å²) >= 11 is 5.49. The van der Waals surface area contributed by atoms with Gasteiger partial charge in [0.1, 0.15) is 0 Å². The van der Waals surface area contributed by atoms with Gasteiger partial charge in [-0.1, -0.05) is 13.0 Å².